The van der Waals surface area contributed by atoms with Crippen LogP contribution in [0.5, 0.6) is 0 Å². The molecule has 0 bridgehead atoms. The lowest BCUT2D eigenvalue weighted by atomic mass is 9.94. The average Bonchev–Trinajstić information content (AvgIpc) is 2.39. The number of carboxylic acid groups (broad SMARTS) is 1. The molecule has 1 aliphatic carbocycles. The highest BCUT2D eigenvalue weighted by Gasteiger charge is 2.28. The summed E-state index contributed by atoms with van der Waals surface area (Å²) in [4.78, 5) is 26.2. The summed E-state index contributed by atoms with van der Waals surface area (Å²) in [5.41, 5.74) is 0. The summed E-state index contributed by atoms with van der Waals surface area (Å²) >= 11 is 0. The van der Waals surface area contributed by atoms with Crippen molar-refractivity contribution in [1.29, 1.82) is 0 Å². The van der Waals surface area contributed by atoms with E-state index in [1.165, 1.54) is 11.3 Å². The summed E-state index contributed by atoms with van der Waals surface area (Å²) in [6, 6.07) is -0.0323. The predicted molar refractivity (Wildman–Crippen MR) is 72.7 cm³/mol. The van der Waals surface area contributed by atoms with Crippen molar-refractivity contribution < 1.29 is 14.7 Å². The molecule has 0 radical (unpaired) electrons. The zero-order valence-corrected chi connectivity index (χ0v) is 11.5. The number of terminal acetylenes is 1. The zero-order valence-electron chi connectivity index (χ0n) is 11.5. The number of nitrogens with zero attached hydrogens (tertiary/aromatic N) is 2. The molecule has 1 aliphatic rings. The maximum Gasteiger partial charge on any atom is 0.323 e. The van der Waals surface area contributed by atoms with E-state index in [0.29, 0.717) is 6.54 Å². The molecule has 0 unspecified atom stereocenters. The van der Waals surface area contributed by atoms with Gasteiger partial charge in [-0.05, 0) is 19.8 Å². The maximum atomic E-state index is 12.4. The molecule has 106 valence electrons. The molecule has 0 spiro atoms. The van der Waals surface area contributed by atoms with E-state index in [0.717, 1.165) is 25.7 Å². The quantitative estimate of drug-likeness (QED) is 0.772. The monoisotopic (exact) mass is 266 g/mol. The highest BCUT2D eigenvalue weighted by atomic mass is 16.4. The van der Waals surface area contributed by atoms with Gasteiger partial charge < -0.3 is 14.9 Å². The Morgan fingerprint density at radius 2 is 1.95 bits per heavy atom. The molecule has 0 aromatic heterocycles. The normalized spacial score (nSPS) is 15.6. The van der Waals surface area contributed by atoms with Crippen LogP contribution in [0.3, 0.4) is 0 Å². The maximum absolute atomic E-state index is 12.4. The van der Waals surface area contributed by atoms with Crippen LogP contribution in [0, 0.1) is 12.3 Å². The van der Waals surface area contributed by atoms with E-state index in [9.17, 15) is 9.59 Å². The standard InChI is InChI=1S/C14H22N2O3/c1-3-10-15(11-13(17)18)14(19)16(4-2)12-8-6-5-7-9-12/h1,12H,4-11H2,2H3,(H,17,18). The number of carbonyl (C=O) groups excluding carboxylic acids is 1. The number of hydrogen-bond donors (Lipinski definition) is 1. The van der Waals surface area contributed by atoms with Crippen LogP contribution in [0.15, 0.2) is 0 Å². The molecule has 0 aliphatic heterocycles. The topological polar surface area (TPSA) is 60.9 Å². The Morgan fingerprint density at radius 3 is 2.42 bits per heavy atom. The van der Waals surface area contributed by atoms with E-state index >= 15 is 0 Å². The summed E-state index contributed by atoms with van der Waals surface area (Å²) < 4.78 is 0. The van der Waals surface area contributed by atoms with Crippen molar-refractivity contribution >= 4 is 12.0 Å². The fourth-order valence-corrected chi connectivity index (χ4v) is 2.59. The molecule has 1 saturated carbocycles. The number of carbonyl (C=O) groups is 2. The molecule has 2 amide bonds. The summed E-state index contributed by atoms with van der Waals surface area (Å²) in [6.07, 6.45) is 10.7. The lowest BCUT2D eigenvalue weighted by Crippen LogP contribution is -2.50. The lowest BCUT2D eigenvalue weighted by molar-refractivity contribution is -0.137. The Kier molecular flexibility index (Phi) is 6.20. The number of aliphatic carboxylic acids is 1. The number of carboxylic acids is 1. The first-order valence-corrected chi connectivity index (χ1v) is 6.81. The van der Waals surface area contributed by atoms with Crippen LogP contribution in [0.4, 0.5) is 4.79 Å². The van der Waals surface area contributed by atoms with Gasteiger partial charge in [0, 0.05) is 12.6 Å². The van der Waals surface area contributed by atoms with Crippen molar-refractivity contribution in [3.8, 4) is 12.3 Å². The number of hydrogen-bond acceptors (Lipinski definition) is 2. The second-order valence-electron chi connectivity index (χ2n) is 4.81. The van der Waals surface area contributed by atoms with Crippen LogP contribution in [-0.2, 0) is 4.79 Å². The molecule has 19 heavy (non-hydrogen) atoms. The summed E-state index contributed by atoms with van der Waals surface area (Å²) in [5, 5.41) is 8.84. The third kappa shape index (κ3) is 4.47. The van der Waals surface area contributed by atoms with Crippen LogP contribution < -0.4 is 0 Å². The molecule has 0 aromatic rings. The van der Waals surface area contributed by atoms with Gasteiger partial charge in [-0.2, -0.15) is 0 Å². The van der Waals surface area contributed by atoms with Crippen LogP contribution >= 0.6 is 0 Å². The average molecular weight is 266 g/mol. The number of rotatable bonds is 5. The molecule has 0 saturated heterocycles. The third-order valence-electron chi connectivity index (χ3n) is 3.48. The van der Waals surface area contributed by atoms with Crippen LogP contribution in [-0.4, -0.2) is 52.6 Å². The zero-order chi connectivity index (χ0) is 14.3. The van der Waals surface area contributed by atoms with Gasteiger partial charge in [0.25, 0.3) is 0 Å². The van der Waals surface area contributed by atoms with Crippen molar-refractivity contribution in [2.24, 2.45) is 0 Å². The summed E-state index contributed by atoms with van der Waals surface area (Å²) in [5.74, 6) is 1.31. The van der Waals surface area contributed by atoms with Crippen LogP contribution in [0.2, 0.25) is 0 Å². The van der Waals surface area contributed by atoms with E-state index in [1.54, 1.807) is 4.90 Å². The Labute approximate surface area is 114 Å². The smallest absolute Gasteiger partial charge is 0.323 e. The van der Waals surface area contributed by atoms with E-state index < -0.39 is 5.97 Å². The first-order chi connectivity index (χ1) is 9.10. The second-order valence-corrected chi connectivity index (χ2v) is 4.81. The largest absolute Gasteiger partial charge is 0.480 e. The van der Waals surface area contributed by atoms with Gasteiger partial charge in [0.05, 0.1) is 6.54 Å². The Balaban J connectivity index is 2.73. The molecule has 1 N–H and O–H groups in total. The molecule has 0 atom stereocenters. The lowest BCUT2D eigenvalue weighted by Gasteiger charge is -2.36. The highest BCUT2D eigenvalue weighted by Crippen LogP contribution is 2.23. The molecular weight excluding hydrogens is 244 g/mol. The van der Waals surface area contributed by atoms with Crippen LogP contribution in [0.1, 0.15) is 39.0 Å². The van der Waals surface area contributed by atoms with Crippen LogP contribution in [0.25, 0.3) is 0 Å². The van der Waals surface area contributed by atoms with Gasteiger partial charge in [0.15, 0.2) is 0 Å². The van der Waals surface area contributed by atoms with E-state index in [2.05, 4.69) is 5.92 Å². The molecule has 0 heterocycles. The van der Waals surface area contributed by atoms with Gasteiger partial charge in [-0.15, -0.1) is 6.42 Å². The van der Waals surface area contributed by atoms with Gasteiger partial charge in [-0.3, -0.25) is 4.79 Å². The van der Waals surface area contributed by atoms with Crippen molar-refractivity contribution in [2.75, 3.05) is 19.6 Å². The fourth-order valence-electron chi connectivity index (χ4n) is 2.59. The molecule has 1 fully saturated rings. The Bertz CT molecular complexity index is 356. The highest BCUT2D eigenvalue weighted by molar-refractivity contribution is 5.80. The first-order valence-electron chi connectivity index (χ1n) is 6.81. The first kappa shape index (κ1) is 15.4. The predicted octanol–water partition coefficient (Wildman–Crippen LogP) is 1.78. The van der Waals surface area contributed by atoms with Crippen molar-refractivity contribution in [2.45, 2.75) is 45.1 Å². The molecular formula is C14H22N2O3. The van der Waals surface area contributed by atoms with Gasteiger partial charge in [0.2, 0.25) is 0 Å². The minimum absolute atomic E-state index is 0.0361. The molecule has 1 rings (SSSR count). The molecule has 5 heteroatoms. The molecule has 5 nitrogen and oxygen atoms in total. The number of urea groups is 1. The van der Waals surface area contributed by atoms with E-state index in [-0.39, 0.29) is 25.2 Å². The minimum Gasteiger partial charge on any atom is -0.480 e. The minimum atomic E-state index is -1.04. The van der Waals surface area contributed by atoms with Gasteiger partial charge in [-0.1, -0.05) is 25.2 Å². The van der Waals surface area contributed by atoms with Crippen molar-refractivity contribution in [3.63, 3.8) is 0 Å². The molecule has 0 aromatic carbocycles. The third-order valence-corrected chi connectivity index (χ3v) is 3.48. The van der Waals surface area contributed by atoms with Gasteiger partial charge in [0.1, 0.15) is 6.54 Å². The SMILES string of the molecule is C#CCN(CC(=O)O)C(=O)N(CC)C1CCCCC1. The van der Waals surface area contributed by atoms with E-state index in [1.807, 2.05) is 6.92 Å². The second kappa shape index (κ2) is 7.67. The summed E-state index contributed by atoms with van der Waals surface area (Å²) in [6.45, 7) is 2.20. The number of amides is 2. The van der Waals surface area contributed by atoms with Crippen molar-refractivity contribution in [3.05, 3.63) is 0 Å². The fraction of sp³-hybridized carbons (Fsp3) is 0.714. The van der Waals surface area contributed by atoms with Crippen molar-refractivity contribution in [1.82, 2.24) is 9.80 Å². The van der Waals surface area contributed by atoms with Gasteiger partial charge >= 0.3 is 12.0 Å². The van der Waals surface area contributed by atoms with E-state index in [4.69, 9.17) is 11.5 Å². The van der Waals surface area contributed by atoms with Gasteiger partial charge in [-0.25, -0.2) is 4.79 Å². The Hall–Kier alpha value is -1.70. The summed E-state index contributed by atoms with van der Waals surface area (Å²) in [7, 11) is 0. The Morgan fingerprint density at radius 1 is 1.32 bits per heavy atom.